The number of sulfonamides is 1. The normalized spacial score (nSPS) is 21.0. The smallest absolute Gasteiger partial charge is 0.326 e. The van der Waals surface area contributed by atoms with Crippen LogP contribution in [0.4, 0.5) is 5.69 Å². The Morgan fingerprint density at radius 1 is 1.13 bits per heavy atom. The monoisotopic (exact) mass is 465 g/mol. The van der Waals surface area contributed by atoms with Crippen LogP contribution in [-0.4, -0.2) is 51.0 Å². The largest absolute Gasteiger partial charge is 0.506 e. The van der Waals surface area contributed by atoms with E-state index in [9.17, 15) is 26.7 Å². The van der Waals surface area contributed by atoms with Crippen molar-refractivity contribution in [2.45, 2.75) is 31.8 Å². The summed E-state index contributed by atoms with van der Waals surface area (Å²) in [5.41, 5.74) is 2.89. The molecule has 166 valence electrons. The molecule has 1 unspecified atom stereocenters. The lowest BCUT2D eigenvalue weighted by Gasteiger charge is -2.35. The van der Waals surface area contributed by atoms with Gasteiger partial charge in [-0.2, -0.15) is 12.7 Å². The summed E-state index contributed by atoms with van der Waals surface area (Å²) < 4.78 is 52.9. The van der Waals surface area contributed by atoms with Gasteiger partial charge in [0.05, 0.1) is 11.9 Å². The van der Waals surface area contributed by atoms with Gasteiger partial charge < -0.3 is 5.11 Å². The molecular weight excluding hydrogens is 442 g/mol. The zero-order valence-corrected chi connectivity index (χ0v) is 18.5. The summed E-state index contributed by atoms with van der Waals surface area (Å²) in [6.07, 6.45) is 2.85. The Kier molecular flexibility index (Phi) is 5.44. The van der Waals surface area contributed by atoms with Gasteiger partial charge in [-0.05, 0) is 48.1 Å². The van der Waals surface area contributed by atoms with Crippen LogP contribution >= 0.6 is 0 Å². The first kappa shape index (κ1) is 21.6. The van der Waals surface area contributed by atoms with Gasteiger partial charge in [0, 0.05) is 12.6 Å². The standard InChI is InChI=1S/C20H23N3O6S2/c1-30(26,27)22-12-16-5-3-2-4-15(16)11-17(22)8-6-14-7-9-18(19(24)10-14)23-13-20(25)21-31(23,28)29/h2-5,7,9-10,17,24H,6,8,11-13H2,1H3,(H,21,25). The maximum Gasteiger partial charge on any atom is 0.326 e. The zero-order valence-electron chi connectivity index (χ0n) is 16.9. The molecule has 1 atom stereocenters. The minimum absolute atomic E-state index is 0.0199. The van der Waals surface area contributed by atoms with Crippen LogP contribution in [0.1, 0.15) is 23.1 Å². The van der Waals surface area contributed by atoms with Crippen LogP contribution in [0.2, 0.25) is 0 Å². The molecule has 0 aliphatic carbocycles. The molecule has 0 bridgehead atoms. The van der Waals surface area contributed by atoms with E-state index in [-0.39, 0.29) is 24.0 Å². The highest BCUT2D eigenvalue weighted by Gasteiger charge is 2.35. The van der Waals surface area contributed by atoms with Crippen LogP contribution in [0.25, 0.3) is 0 Å². The summed E-state index contributed by atoms with van der Waals surface area (Å²) in [6.45, 7) is -0.0578. The lowest BCUT2D eigenvalue weighted by molar-refractivity contribution is -0.117. The molecule has 2 aliphatic heterocycles. The number of carbonyl (C=O) groups is 1. The third-order valence-electron chi connectivity index (χ3n) is 5.63. The minimum atomic E-state index is -4.01. The van der Waals surface area contributed by atoms with Crippen molar-refractivity contribution >= 4 is 31.8 Å². The van der Waals surface area contributed by atoms with E-state index in [0.29, 0.717) is 25.8 Å². The maximum atomic E-state index is 12.3. The number of benzene rings is 2. The Hall–Kier alpha value is -2.63. The van der Waals surface area contributed by atoms with Crippen molar-refractivity contribution in [3.8, 4) is 5.75 Å². The van der Waals surface area contributed by atoms with Crippen LogP contribution in [0.15, 0.2) is 42.5 Å². The van der Waals surface area contributed by atoms with Crippen molar-refractivity contribution in [2.75, 3.05) is 17.1 Å². The number of aryl methyl sites for hydroxylation is 1. The number of phenols is 1. The van der Waals surface area contributed by atoms with Crippen molar-refractivity contribution in [2.24, 2.45) is 0 Å². The molecule has 2 aliphatic rings. The van der Waals surface area contributed by atoms with Gasteiger partial charge in [0.15, 0.2) is 0 Å². The third kappa shape index (κ3) is 4.39. The maximum absolute atomic E-state index is 12.3. The van der Waals surface area contributed by atoms with Gasteiger partial charge in [0.25, 0.3) is 5.91 Å². The highest BCUT2D eigenvalue weighted by molar-refractivity contribution is 7.92. The van der Waals surface area contributed by atoms with Crippen LogP contribution in [0.3, 0.4) is 0 Å². The summed E-state index contributed by atoms with van der Waals surface area (Å²) in [5, 5.41) is 10.4. The number of nitrogens with one attached hydrogen (secondary N) is 1. The van der Waals surface area contributed by atoms with Crippen LogP contribution in [0, 0.1) is 0 Å². The van der Waals surface area contributed by atoms with Crippen molar-refractivity contribution < 1.29 is 26.7 Å². The van der Waals surface area contributed by atoms with Crippen molar-refractivity contribution in [3.63, 3.8) is 0 Å². The zero-order chi connectivity index (χ0) is 22.4. The first-order valence-corrected chi connectivity index (χ1v) is 13.0. The fourth-order valence-electron chi connectivity index (χ4n) is 4.13. The predicted molar refractivity (Wildman–Crippen MR) is 115 cm³/mol. The van der Waals surface area contributed by atoms with E-state index in [2.05, 4.69) is 0 Å². The molecular formula is C20H23N3O6S2. The van der Waals surface area contributed by atoms with E-state index < -0.39 is 26.1 Å². The Morgan fingerprint density at radius 3 is 2.45 bits per heavy atom. The number of amides is 1. The van der Waals surface area contributed by atoms with Crippen molar-refractivity contribution in [1.82, 2.24) is 9.03 Å². The summed E-state index contributed by atoms with van der Waals surface area (Å²) in [6, 6.07) is 12.1. The average molecular weight is 466 g/mol. The van der Waals surface area contributed by atoms with E-state index in [1.165, 1.54) is 22.7 Å². The second-order valence-electron chi connectivity index (χ2n) is 7.83. The SMILES string of the molecule is CS(=O)(=O)N1Cc2ccccc2CC1CCc1ccc(N2CC(=O)NS2(=O)=O)c(O)c1. The van der Waals surface area contributed by atoms with Crippen molar-refractivity contribution in [3.05, 3.63) is 59.2 Å². The van der Waals surface area contributed by atoms with Gasteiger partial charge >= 0.3 is 10.2 Å². The summed E-state index contributed by atoms with van der Waals surface area (Å²) in [4.78, 5) is 11.4. The van der Waals surface area contributed by atoms with Gasteiger partial charge in [-0.1, -0.05) is 30.3 Å². The number of phenolic OH excluding ortho intramolecular Hbond substituents is 1. The second kappa shape index (κ2) is 7.81. The molecule has 0 spiro atoms. The highest BCUT2D eigenvalue weighted by atomic mass is 32.2. The number of nitrogens with zero attached hydrogens (tertiary/aromatic N) is 2. The van der Waals surface area contributed by atoms with Gasteiger partial charge in [-0.25, -0.2) is 17.4 Å². The van der Waals surface area contributed by atoms with Gasteiger partial charge in [-0.3, -0.25) is 4.79 Å². The van der Waals surface area contributed by atoms with Crippen LogP contribution in [0.5, 0.6) is 5.75 Å². The molecule has 2 N–H and O–H groups in total. The van der Waals surface area contributed by atoms with E-state index in [1.807, 2.05) is 29.0 Å². The predicted octanol–water partition coefficient (Wildman–Crippen LogP) is 0.892. The number of hydrogen-bond acceptors (Lipinski definition) is 6. The third-order valence-corrected chi connectivity index (χ3v) is 8.30. The van der Waals surface area contributed by atoms with Crippen molar-refractivity contribution in [1.29, 1.82) is 0 Å². The summed E-state index contributed by atoms with van der Waals surface area (Å²) >= 11 is 0. The Bertz CT molecular complexity index is 1240. The molecule has 0 aromatic heterocycles. The molecule has 2 heterocycles. The number of carbonyl (C=O) groups excluding carboxylic acids is 1. The van der Waals surface area contributed by atoms with Crippen LogP contribution in [-0.2, 0) is 44.4 Å². The average Bonchev–Trinajstić information content (AvgIpc) is 2.96. The first-order valence-electron chi connectivity index (χ1n) is 9.73. The summed E-state index contributed by atoms with van der Waals surface area (Å²) in [5.74, 6) is -0.923. The molecule has 9 nitrogen and oxygen atoms in total. The molecule has 2 aromatic rings. The molecule has 2 aromatic carbocycles. The number of rotatable bonds is 5. The van der Waals surface area contributed by atoms with Crippen LogP contribution < -0.4 is 9.03 Å². The molecule has 1 amide bonds. The molecule has 11 heteroatoms. The number of hydrogen-bond donors (Lipinski definition) is 2. The van der Waals surface area contributed by atoms with E-state index in [4.69, 9.17) is 0 Å². The van der Waals surface area contributed by atoms with E-state index in [0.717, 1.165) is 21.0 Å². The first-order chi connectivity index (χ1) is 14.5. The van der Waals surface area contributed by atoms with E-state index in [1.54, 1.807) is 6.07 Å². The minimum Gasteiger partial charge on any atom is -0.506 e. The summed E-state index contributed by atoms with van der Waals surface area (Å²) in [7, 11) is -7.40. The van der Waals surface area contributed by atoms with Gasteiger partial charge in [0.2, 0.25) is 10.0 Å². The fraction of sp³-hybridized carbons (Fsp3) is 0.350. The molecule has 1 saturated heterocycles. The lowest BCUT2D eigenvalue weighted by atomic mass is 9.92. The highest BCUT2D eigenvalue weighted by Crippen LogP contribution is 2.33. The molecule has 31 heavy (non-hydrogen) atoms. The topological polar surface area (TPSA) is 124 Å². The Labute approximate surface area is 181 Å². The molecule has 0 radical (unpaired) electrons. The molecule has 1 fully saturated rings. The Balaban J connectivity index is 1.52. The molecule has 4 rings (SSSR count). The number of aromatic hydroxyl groups is 1. The fourth-order valence-corrected chi connectivity index (χ4v) is 6.39. The second-order valence-corrected chi connectivity index (χ2v) is 11.4. The van der Waals surface area contributed by atoms with Gasteiger partial charge in [0.1, 0.15) is 12.3 Å². The Morgan fingerprint density at radius 2 is 1.84 bits per heavy atom. The molecule has 0 saturated carbocycles. The van der Waals surface area contributed by atoms with E-state index >= 15 is 0 Å². The number of anilines is 1. The quantitative estimate of drug-likeness (QED) is 0.676. The number of fused-ring (bicyclic) bond motifs is 1. The lowest BCUT2D eigenvalue weighted by Crippen LogP contribution is -2.43. The van der Waals surface area contributed by atoms with Gasteiger partial charge in [-0.15, -0.1) is 0 Å².